The molecule has 0 aliphatic carbocycles. The number of amides is 3. The summed E-state index contributed by atoms with van der Waals surface area (Å²) in [7, 11) is 0. The molecule has 2 aromatic carbocycles. The minimum absolute atomic E-state index is 0.171. The van der Waals surface area contributed by atoms with Gasteiger partial charge in [-0.05, 0) is 24.3 Å². The first-order valence-corrected chi connectivity index (χ1v) is 9.10. The molecule has 2 aliphatic rings. The number of hydrogen-bond donors (Lipinski definition) is 3. The molecule has 2 aliphatic heterocycles. The second-order valence-electron chi connectivity index (χ2n) is 6.48. The van der Waals surface area contributed by atoms with Crippen LogP contribution in [0.3, 0.4) is 0 Å². The maximum atomic E-state index is 12.3. The van der Waals surface area contributed by atoms with E-state index in [4.69, 9.17) is 14.2 Å². The SMILES string of the molecule is O=C(CC1NC(=O)c2ccccc2NC1=O)NCCOc1ccc2c(c1)OCO2. The van der Waals surface area contributed by atoms with Crippen LogP contribution in [0.4, 0.5) is 5.69 Å². The van der Waals surface area contributed by atoms with Gasteiger partial charge in [0.15, 0.2) is 11.5 Å². The third kappa shape index (κ3) is 4.23. The van der Waals surface area contributed by atoms with Crippen LogP contribution in [0.2, 0.25) is 0 Å². The van der Waals surface area contributed by atoms with E-state index < -0.39 is 17.9 Å². The summed E-state index contributed by atoms with van der Waals surface area (Å²) in [5, 5.41) is 7.93. The van der Waals surface area contributed by atoms with Crippen molar-refractivity contribution in [2.75, 3.05) is 25.3 Å². The lowest BCUT2D eigenvalue weighted by molar-refractivity contribution is -0.125. The van der Waals surface area contributed by atoms with E-state index in [1.807, 2.05) is 0 Å². The molecule has 0 fully saturated rings. The van der Waals surface area contributed by atoms with Crippen LogP contribution in [0.5, 0.6) is 17.2 Å². The summed E-state index contributed by atoms with van der Waals surface area (Å²) in [4.78, 5) is 36.8. The van der Waals surface area contributed by atoms with E-state index in [0.29, 0.717) is 28.5 Å². The summed E-state index contributed by atoms with van der Waals surface area (Å²) in [5.41, 5.74) is 0.788. The average molecular weight is 397 g/mol. The van der Waals surface area contributed by atoms with E-state index in [1.165, 1.54) is 0 Å². The first kappa shape index (κ1) is 18.6. The summed E-state index contributed by atoms with van der Waals surface area (Å²) >= 11 is 0. The fourth-order valence-electron chi connectivity index (χ4n) is 3.04. The highest BCUT2D eigenvalue weighted by Gasteiger charge is 2.29. The number of hydrogen-bond acceptors (Lipinski definition) is 6. The Hall–Kier alpha value is -3.75. The number of fused-ring (bicyclic) bond motifs is 2. The second kappa shape index (κ2) is 8.09. The number of rotatable bonds is 6. The molecule has 3 N–H and O–H groups in total. The number of carbonyl (C=O) groups excluding carboxylic acids is 3. The lowest BCUT2D eigenvalue weighted by atomic mass is 10.1. The number of anilines is 1. The van der Waals surface area contributed by atoms with Crippen molar-refractivity contribution in [3.05, 3.63) is 48.0 Å². The molecule has 0 aromatic heterocycles. The van der Waals surface area contributed by atoms with E-state index >= 15 is 0 Å². The van der Waals surface area contributed by atoms with Crippen LogP contribution >= 0.6 is 0 Å². The van der Waals surface area contributed by atoms with E-state index in [9.17, 15) is 14.4 Å². The minimum Gasteiger partial charge on any atom is -0.492 e. The number of carbonyl (C=O) groups is 3. The number of ether oxygens (including phenoxy) is 3. The van der Waals surface area contributed by atoms with Crippen LogP contribution in [0.1, 0.15) is 16.8 Å². The van der Waals surface area contributed by atoms with Gasteiger partial charge in [0.1, 0.15) is 18.4 Å². The third-order valence-electron chi connectivity index (χ3n) is 4.48. The van der Waals surface area contributed by atoms with Crippen LogP contribution in [0.25, 0.3) is 0 Å². The van der Waals surface area contributed by atoms with Gasteiger partial charge in [-0.2, -0.15) is 0 Å². The Morgan fingerprint density at radius 3 is 2.86 bits per heavy atom. The molecule has 0 bridgehead atoms. The highest BCUT2D eigenvalue weighted by atomic mass is 16.7. The lowest BCUT2D eigenvalue weighted by Crippen LogP contribution is -2.45. The maximum absolute atomic E-state index is 12.3. The highest BCUT2D eigenvalue weighted by molar-refractivity contribution is 6.10. The standard InChI is InChI=1S/C20H19N3O6/c24-18(21-7-8-27-12-5-6-16-17(9-12)29-11-28-16)10-15-20(26)22-14-4-2-1-3-13(14)19(25)23-15/h1-6,9,15H,7-8,10-11H2,(H,21,24)(H,22,26)(H,23,25). The Balaban J connectivity index is 1.24. The Bertz CT molecular complexity index is 961. The smallest absolute Gasteiger partial charge is 0.254 e. The second-order valence-corrected chi connectivity index (χ2v) is 6.48. The fourth-order valence-corrected chi connectivity index (χ4v) is 3.04. The van der Waals surface area contributed by atoms with Crippen molar-refractivity contribution >= 4 is 23.4 Å². The Morgan fingerprint density at radius 2 is 1.97 bits per heavy atom. The van der Waals surface area contributed by atoms with Crippen LogP contribution in [-0.4, -0.2) is 43.7 Å². The predicted molar refractivity (Wildman–Crippen MR) is 102 cm³/mol. The quantitative estimate of drug-likeness (QED) is 0.628. The van der Waals surface area contributed by atoms with Gasteiger partial charge in [-0.25, -0.2) is 0 Å². The number of nitrogens with one attached hydrogen (secondary N) is 3. The average Bonchev–Trinajstić information content (AvgIpc) is 3.14. The molecule has 29 heavy (non-hydrogen) atoms. The molecule has 0 saturated heterocycles. The largest absolute Gasteiger partial charge is 0.492 e. The molecule has 9 heteroatoms. The molecule has 150 valence electrons. The van der Waals surface area contributed by atoms with E-state index in [0.717, 1.165) is 0 Å². The summed E-state index contributed by atoms with van der Waals surface area (Å²) in [6, 6.07) is 10.9. The normalized spacial score (nSPS) is 16.9. The van der Waals surface area contributed by atoms with Crippen molar-refractivity contribution in [3.63, 3.8) is 0 Å². The van der Waals surface area contributed by atoms with E-state index in [2.05, 4.69) is 16.0 Å². The number of para-hydroxylation sites is 1. The van der Waals surface area contributed by atoms with Crippen LogP contribution in [0.15, 0.2) is 42.5 Å². The third-order valence-corrected chi connectivity index (χ3v) is 4.48. The Morgan fingerprint density at radius 1 is 1.14 bits per heavy atom. The molecule has 1 unspecified atom stereocenters. The van der Waals surface area contributed by atoms with Crippen LogP contribution < -0.4 is 30.2 Å². The molecule has 0 radical (unpaired) electrons. The van der Waals surface area contributed by atoms with Gasteiger partial charge in [0.2, 0.25) is 18.6 Å². The summed E-state index contributed by atoms with van der Waals surface area (Å²) in [5.74, 6) is 0.666. The Kier molecular flexibility index (Phi) is 5.19. The van der Waals surface area contributed by atoms with Gasteiger partial charge in [0, 0.05) is 6.07 Å². The fraction of sp³-hybridized carbons (Fsp3) is 0.250. The van der Waals surface area contributed by atoms with Gasteiger partial charge in [0.25, 0.3) is 5.91 Å². The molecule has 2 aromatic rings. The molecule has 3 amide bonds. The molecular formula is C20H19N3O6. The Labute approximate surface area is 166 Å². The molecule has 0 spiro atoms. The molecule has 4 rings (SSSR count). The molecule has 0 saturated carbocycles. The first-order valence-electron chi connectivity index (χ1n) is 9.10. The van der Waals surface area contributed by atoms with Crippen molar-refractivity contribution in [2.24, 2.45) is 0 Å². The zero-order chi connectivity index (χ0) is 20.2. The topological polar surface area (TPSA) is 115 Å². The van der Waals surface area contributed by atoms with Crippen LogP contribution in [0, 0.1) is 0 Å². The van der Waals surface area contributed by atoms with Gasteiger partial charge in [-0.15, -0.1) is 0 Å². The minimum atomic E-state index is -0.954. The zero-order valence-electron chi connectivity index (χ0n) is 15.4. The van der Waals surface area contributed by atoms with Gasteiger partial charge < -0.3 is 30.2 Å². The molecule has 9 nitrogen and oxygen atoms in total. The van der Waals surface area contributed by atoms with Crippen molar-refractivity contribution < 1.29 is 28.6 Å². The monoisotopic (exact) mass is 397 g/mol. The van der Waals surface area contributed by atoms with Gasteiger partial charge >= 0.3 is 0 Å². The predicted octanol–water partition coefficient (Wildman–Crippen LogP) is 1.05. The summed E-state index contributed by atoms with van der Waals surface area (Å²) in [6.07, 6.45) is -0.171. The molecular weight excluding hydrogens is 378 g/mol. The van der Waals surface area contributed by atoms with Crippen molar-refractivity contribution in [1.29, 1.82) is 0 Å². The van der Waals surface area contributed by atoms with Gasteiger partial charge in [0.05, 0.1) is 24.2 Å². The van der Waals surface area contributed by atoms with Crippen molar-refractivity contribution in [1.82, 2.24) is 10.6 Å². The van der Waals surface area contributed by atoms with Crippen LogP contribution in [-0.2, 0) is 9.59 Å². The first-order chi connectivity index (χ1) is 14.1. The van der Waals surface area contributed by atoms with E-state index in [-0.39, 0.29) is 32.3 Å². The highest BCUT2D eigenvalue weighted by Crippen LogP contribution is 2.34. The summed E-state index contributed by atoms with van der Waals surface area (Å²) < 4.78 is 16.1. The van der Waals surface area contributed by atoms with Gasteiger partial charge in [-0.3, -0.25) is 14.4 Å². The molecule has 2 heterocycles. The number of benzene rings is 2. The maximum Gasteiger partial charge on any atom is 0.254 e. The zero-order valence-corrected chi connectivity index (χ0v) is 15.4. The lowest BCUT2D eigenvalue weighted by Gasteiger charge is -2.14. The molecule has 1 atom stereocenters. The van der Waals surface area contributed by atoms with Gasteiger partial charge in [-0.1, -0.05) is 12.1 Å². The van der Waals surface area contributed by atoms with Crippen molar-refractivity contribution in [2.45, 2.75) is 12.5 Å². The van der Waals surface area contributed by atoms with Crippen molar-refractivity contribution in [3.8, 4) is 17.2 Å². The summed E-state index contributed by atoms with van der Waals surface area (Å²) in [6.45, 7) is 0.668. The van der Waals surface area contributed by atoms with E-state index in [1.54, 1.807) is 42.5 Å².